The molecule has 11 nitrogen and oxygen atoms in total. The molecule has 1 aliphatic rings. The van der Waals surface area contributed by atoms with Crippen LogP contribution in [0.5, 0.6) is 0 Å². The Morgan fingerprint density at radius 2 is 1.02 bits per heavy atom. The van der Waals surface area contributed by atoms with Gasteiger partial charge in [0.1, 0.15) is 0 Å². The Hall–Kier alpha value is -2.68. The number of aromatic nitrogens is 2. The summed E-state index contributed by atoms with van der Waals surface area (Å²) in [6.45, 7) is 4.51. The molecule has 0 unspecified atom stereocenters. The molecule has 0 bridgehead atoms. The first-order valence-corrected chi connectivity index (χ1v) is 14.9. The van der Waals surface area contributed by atoms with Gasteiger partial charge in [0.15, 0.2) is 20.2 Å². The van der Waals surface area contributed by atoms with Gasteiger partial charge in [0.25, 0.3) is 0 Å². The largest absolute Gasteiger partial charge is 2.00 e. The fourth-order valence-corrected chi connectivity index (χ4v) is 2.96. The Morgan fingerprint density at radius 3 is 1.29 bits per heavy atom. The first kappa shape index (κ1) is 44.4. The molecule has 4 rings (SSSR count). The van der Waals surface area contributed by atoms with Crippen LogP contribution < -0.4 is 0 Å². The van der Waals surface area contributed by atoms with Crippen LogP contribution in [0, 0.1) is 0 Å². The van der Waals surface area contributed by atoms with Crippen molar-refractivity contribution >= 4 is 20.2 Å². The minimum Gasteiger partial charge on any atom is -0.741 e. The molecular weight excluding hydrogens is 712 g/mol. The summed E-state index contributed by atoms with van der Waals surface area (Å²) >= 11 is 0. The van der Waals surface area contributed by atoms with Gasteiger partial charge in [-0.25, -0.2) is 16.8 Å². The second kappa shape index (κ2) is 21.2. The van der Waals surface area contributed by atoms with Gasteiger partial charge in [0.2, 0.25) is 0 Å². The molecule has 1 aliphatic heterocycles. The third kappa shape index (κ3) is 20.1. The van der Waals surface area contributed by atoms with E-state index in [0.717, 1.165) is 44.2 Å². The summed E-state index contributed by atoms with van der Waals surface area (Å²) in [4.78, 5) is 11.2. The number of hydrogen-bond acceptors (Lipinski definition) is 10. The summed E-state index contributed by atoms with van der Waals surface area (Å²) < 4.78 is 123. The van der Waals surface area contributed by atoms with Crippen LogP contribution in [0.1, 0.15) is 29.8 Å². The van der Waals surface area contributed by atoms with Crippen molar-refractivity contribution < 1.29 is 79.6 Å². The molecule has 2 aromatic heterocycles. The second-order valence-corrected chi connectivity index (χ2v) is 11.1. The van der Waals surface area contributed by atoms with E-state index in [4.69, 9.17) is 30.7 Å². The molecule has 3 heterocycles. The van der Waals surface area contributed by atoms with Crippen molar-refractivity contribution in [3.05, 3.63) is 96.1 Å². The number of benzene rings is 1. The Morgan fingerprint density at radius 1 is 0.667 bits per heavy atom. The monoisotopic (exact) mass is 741 g/mol. The molecule has 0 amide bonds. The summed E-state index contributed by atoms with van der Waals surface area (Å²) in [6.07, 6.45) is 6.24. The van der Waals surface area contributed by atoms with Crippen molar-refractivity contribution in [1.29, 1.82) is 0 Å². The van der Waals surface area contributed by atoms with Crippen LogP contribution in [-0.2, 0) is 67.2 Å². The second-order valence-electron chi connectivity index (χ2n) is 8.39. The van der Waals surface area contributed by atoms with Gasteiger partial charge < -0.3 is 19.3 Å². The summed E-state index contributed by atoms with van der Waals surface area (Å²) in [6, 6.07) is 22.6. The zero-order chi connectivity index (χ0) is 32.6. The van der Waals surface area contributed by atoms with E-state index in [1.807, 2.05) is 42.7 Å². The number of rotatable bonds is 6. The van der Waals surface area contributed by atoms with Crippen molar-refractivity contribution in [3.63, 3.8) is 0 Å². The van der Waals surface area contributed by atoms with Gasteiger partial charge in [-0.05, 0) is 42.7 Å². The Labute approximate surface area is 266 Å². The van der Waals surface area contributed by atoms with Crippen LogP contribution in [-0.4, -0.2) is 65.0 Å². The number of halogens is 6. The molecule has 1 radical (unpaired) electrons. The zero-order valence-electron chi connectivity index (χ0n) is 23.1. The first-order valence-electron chi connectivity index (χ1n) is 12.1. The van der Waals surface area contributed by atoms with E-state index in [-0.39, 0.29) is 22.5 Å². The average Bonchev–Trinajstić information content (AvgIpc) is 3.50. The number of alkyl halides is 6. The third-order valence-electron chi connectivity index (χ3n) is 4.87. The van der Waals surface area contributed by atoms with E-state index in [0.29, 0.717) is 0 Å². The van der Waals surface area contributed by atoms with E-state index >= 15 is 0 Å². The molecular formula is C25H30CuF6N3O8S2+. The topological polar surface area (TPSA) is 186 Å². The van der Waals surface area contributed by atoms with Crippen LogP contribution in [0.15, 0.2) is 79.1 Å². The molecule has 1 aromatic carbocycles. The molecule has 0 spiro atoms. The normalized spacial score (nSPS) is 12.9. The molecule has 0 aliphatic carbocycles. The Kier molecular flexibility index (Phi) is 20.9. The maximum absolute atomic E-state index is 10.7. The minimum atomic E-state index is -6.09. The Balaban J connectivity index is 0. The number of hydrogen-bond donors (Lipinski definition) is 0. The third-order valence-corrected chi connectivity index (χ3v) is 6.00. The van der Waals surface area contributed by atoms with Gasteiger partial charge in [0, 0.05) is 45.2 Å². The van der Waals surface area contributed by atoms with Crippen molar-refractivity contribution in [3.8, 4) is 0 Å². The maximum atomic E-state index is 10.7. The predicted molar refractivity (Wildman–Crippen MR) is 144 cm³/mol. The molecule has 1 saturated heterocycles. The maximum Gasteiger partial charge on any atom is 2.00 e. The molecule has 0 saturated carbocycles. The fraction of sp³-hybridized carbons (Fsp3) is 0.360. The summed E-state index contributed by atoms with van der Waals surface area (Å²) in [5, 5.41) is 0. The SMILES string of the molecule is C1CCOC1.O=S(=O)([O-])C(F)(F)F.O=S(=O)([O-])C(F)(F)F.[Cu+2].[OH3+].c1ccc(CN(Cc2ccccn2)Cc2ccccn2)cc1. The molecule has 1 fully saturated rings. The molecule has 0 atom stereocenters. The summed E-state index contributed by atoms with van der Waals surface area (Å²) in [5.41, 5.74) is -7.84. The minimum absolute atomic E-state index is 0. The van der Waals surface area contributed by atoms with E-state index in [2.05, 4.69) is 51.3 Å². The van der Waals surface area contributed by atoms with Crippen molar-refractivity contribution in [1.82, 2.24) is 14.9 Å². The van der Waals surface area contributed by atoms with Gasteiger partial charge in [-0.2, -0.15) is 26.3 Å². The average molecular weight is 742 g/mol. The van der Waals surface area contributed by atoms with Crippen LogP contribution in [0.4, 0.5) is 26.3 Å². The number of pyridine rings is 2. The van der Waals surface area contributed by atoms with E-state index in [1.54, 1.807) is 0 Å². The summed E-state index contributed by atoms with van der Waals surface area (Å²) in [5.74, 6) is 0. The van der Waals surface area contributed by atoms with E-state index < -0.39 is 31.3 Å². The van der Waals surface area contributed by atoms with Crippen LogP contribution >= 0.6 is 0 Å². The van der Waals surface area contributed by atoms with Gasteiger partial charge in [-0.3, -0.25) is 14.9 Å². The van der Waals surface area contributed by atoms with Gasteiger partial charge in [0.05, 0.1) is 11.4 Å². The Bertz CT molecular complexity index is 1260. The zero-order valence-corrected chi connectivity index (χ0v) is 25.7. The number of ether oxygens (including phenoxy) is 1. The first-order chi connectivity index (χ1) is 19.9. The van der Waals surface area contributed by atoms with Crippen molar-refractivity contribution in [2.24, 2.45) is 0 Å². The van der Waals surface area contributed by atoms with Crippen molar-refractivity contribution in [2.45, 2.75) is 43.5 Å². The van der Waals surface area contributed by atoms with Gasteiger partial charge in [-0.1, -0.05) is 42.5 Å². The van der Waals surface area contributed by atoms with Gasteiger partial charge >= 0.3 is 28.1 Å². The molecule has 3 aromatic rings. The predicted octanol–water partition coefficient (Wildman–Crippen LogP) is 3.65. The van der Waals surface area contributed by atoms with Gasteiger partial charge in [-0.15, -0.1) is 0 Å². The standard InChI is InChI=1S/C19H19N3.C4H8O.2CHF3O3S.Cu.H2O/c1-2-8-17(9-3-1)14-22(15-18-10-4-6-12-20-18)16-19-11-5-7-13-21-19;1-2-4-5-3-1;2*2-1(3,4)8(5,6)7;;/h1-13H,14-16H2;1-4H2;2*(H,5,6,7);;1H2/q;;;;+2;/p-1. The smallest absolute Gasteiger partial charge is 0.741 e. The molecule has 20 heteroatoms. The number of nitrogens with zero attached hydrogens (tertiary/aromatic N) is 3. The van der Waals surface area contributed by atoms with E-state index in [9.17, 15) is 26.3 Å². The van der Waals surface area contributed by atoms with E-state index in [1.165, 1.54) is 18.4 Å². The quantitative estimate of drug-likeness (QED) is 0.119. The fourth-order valence-electron chi connectivity index (χ4n) is 2.96. The van der Waals surface area contributed by atoms with Crippen LogP contribution in [0.3, 0.4) is 0 Å². The van der Waals surface area contributed by atoms with Crippen LogP contribution in [0.2, 0.25) is 0 Å². The molecule has 45 heavy (non-hydrogen) atoms. The van der Waals surface area contributed by atoms with Crippen molar-refractivity contribution in [2.75, 3.05) is 13.2 Å². The molecule has 257 valence electrons. The molecule has 3 N–H and O–H groups in total. The summed E-state index contributed by atoms with van der Waals surface area (Å²) in [7, 11) is -12.2. The van der Waals surface area contributed by atoms with Crippen LogP contribution in [0.25, 0.3) is 0 Å².